The summed E-state index contributed by atoms with van der Waals surface area (Å²) in [7, 11) is 2.18. The molecule has 0 bridgehead atoms. The van der Waals surface area contributed by atoms with Gasteiger partial charge in [0.2, 0.25) is 5.91 Å². The molecule has 0 aromatic rings. The van der Waals surface area contributed by atoms with Gasteiger partial charge in [-0.15, -0.1) is 0 Å². The largest absolute Gasteiger partial charge is 0.356 e. The first-order valence-corrected chi connectivity index (χ1v) is 5.85. The summed E-state index contributed by atoms with van der Waals surface area (Å²) in [4.78, 5) is 13.3. The van der Waals surface area contributed by atoms with E-state index in [4.69, 9.17) is 0 Å². The third kappa shape index (κ3) is 3.82. The zero-order valence-corrected chi connectivity index (χ0v) is 10.5. The van der Waals surface area contributed by atoms with Crippen LogP contribution in [0.15, 0.2) is 0 Å². The van der Waals surface area contributed by atoms with Crippen molar-refractivity contribution in [3.8, 4) is 0 Å². The van der Waals surface area contributed by atoms with Gasteiger partial charge in [0.1, 0.15) is 0 Å². The fourth-order valence-electron chi connectivity index (χ4n) is 2.30. The summed E-state index contributed by atoms with van der Waals surface area (Å²) in [5.74, 6) is 0.773. The smallest absolute Gasteiger partial charge is 0.216 e. The minimum Gasteiger partial charge on any atom is -0.356 e. The van der Waals surface area contributed by atoms with E-state index in [0.717, 1.165) is 13.1 Å². The second-order valence-corrected chi connectivity index (χ2v) is 5.50. The molecule has 0 aromatic carbocycles. The number of carbonyl (C=O) groups excluding carboxylic acids is 1. The predicted molar refractivity (Wildman–Crippen MR) is 62.7 cm³/mol. The molecule has 88 valence electrons. The summed E-state index contributed by atoms with van der Waals surface area (Å²) < 4.78 is 0. The Labute approximate surface area is 93.2 Å². The van der Waals surface area contributed by atoms with Crippen molar-refractivity contribution in [1.29, 1.82) is 0 Å². The highest BCUT2D eigenvalue weighted by Gasteiger charge is 2.32. The van der Waals surface area contributed by atoms with Gasteiger partial charge in [0.25, 0.3) is 0 Å². The number of amides is 1. The van der Waals surface area contributed by atoms with E-state index in [9.17, 15) is 4.79 Å². The molecule has 1 rings (SSSR count). The zero-order chi connectivity index (χ0) is 11.5. The van der Waals surface area contributed by atoms with Crippen LogP contribution in [0.2, 0.25) is 0 Å². The molecule has 1 heterocycles. The Morgan fingerprint density at radius 2 is 2.20 bits per heavy atom. The quantitative estimate of drug-likeness (QED) is 0.768. The second kappa shape index (κ2) is 4.97. The van der Waals surface area contributed by atoms with Crippen molar-refractivity contribution >= 4 is 5.91 Å². The van der Waals surface area contributed by atoms with Crippen molar-refractivity contribution in [3.63, 3.8) is 0 Å². The third-order valence-corrected chi connectivity index (χ3v) is 3.52. The number of rotatable bonds is 3. The standard InChI is InChI=1S/C12H24N2O/c1-10(15)13-9-12(2,3)11-6-5-7-14(4)8-11/h11H,5-9H2,1-4H3,(H,13,15). The topological polar surface area (TPSA) is 32.3 Å². The van der Waals surface area contributed by atoms with Crippen molar-refractivity contribution in [3.05, 3.63) is 0 Å². The number of nitrogens with zero attached hydrogens (tertiary/aromatic N) is 1. The van der Waals surface area contributed by atoms with Crippen LogP contribution in [-0.4, -0.2) is 37.5 Å². The highest BCUT2D eigenvalue weighted by Crippen LogP contribution is 2.32. The number of carbonyl (C=O) groups is 1. The lowest BCUT2D eigenvalue weighted by Crippen LogP contribution is -2.44. The average molecular weight is 212 g/mol. The van der Waals surface area contributed by atoms with Crippen molar-refractivity contribution in [2.75, 3.05) is 26.7 Å². The van der Waals surface area contributed by atoms with E-state index in [1.54, 1.807) is 6.92 Å². The van der Waals surface area contributed by atoms with E-state index in [1.165, 1.54) is 19.4 Å². The van der Waals surface area contributed by atoms with Crippen LogP contribution in [0.4, 0.5) is 0 Å². The van der Waals surface area contributed by atoms with Gasteiger partial charge < -0.3 is 10.2 Å². The van der Waals surface area contributed by atoms with E-state index in [-0.39, 0.29) is 11.3 Å². The Morgan fingerprint density at radius 1 is 1.53 bits per heavy atom. The van der Waals surface area contributed by atoms with Gasteiger partial charge in [-0.2, -0.15) is 0 Å². The van der Waals surface area contributed by atoms with Gasteiger partial charge in [0, 0.05) is 20.0 Å². The van der Waals surface area contributed by atoms with Crippen LogP contribution in [0.5, 0.6) is 0 Å². The summed E-state index contributed by atoms with van der Waals surface area (Å²) >= 11 is 0. The van der Waals surface area contributed by atoms with Crippen LogP contribution < -0.4 is 5.32 Å². The molecule has 1 unspecified atom stereocenters. The number of nitrogens with one attached hydrogen (secondary N) is 1. The van der Waals surface area contributed by atoms with Crippen LogP contribution >= 0.6 is 0 Å². The van der Waals surface area contributed by atoms with Gasteiger partial charge in [-0.25, -0.2) is 0 Å². The van der Waals surface area contributed by atoms with E-state index >= 15 is 0 Å². The highest BCUT2D eigenvalue weighted by atomic mass is 16.1. The van der Waals surface area contributed by atoms with Gasteiger partial charge in [-0.1, -0.05) is 13.8 Å². The van der Waals surface area contributed by atoms with Crippen molar-refractivity contribution in [2.45, 2.75) is 33.6 Å². The summed E-state index contributed by atoms with van der Waals surface area (Å²) in [6.45, 7) is 9.27. The van der Waals surface area contributed by atoms with Crippen LogP contribution in [0.1, 0.15) is 33.6 Å². The molecule has 1 aliphatic heterocycles. The van der Waals surface area contributed by atoms with E-state index in [0.29, 0.717) is 5.92 Å². The fraction of sp³-hybridized carbons (Fsp3) is 0.917. The molecule has 1 N–H and O–H groups in total. The number of hydrogen-bond donors (Lipinski definition) is 1. The third-order valence-electron chi connectivity index (χ3n) is 3.52. The van der Waals surface area contributed by atoms with Crippen molar-refractivity contribution in [1.82, 2.24) is 10.2 Å². The monoisotopic (exact) mass is 212 g/mol. The normalized spacial score (nSPS) is 23.9. The zero-order valence-electron chi connectivity index (χ0n) is 10.5. The van der Waals surface area contributed by atoms with Crippen LogP contribution in [-0.2, 0) is 4.79 Å². The number of hydrogen-bond acceptors (Lipinski definition) is 2. The lowest BCUT2D eigenvalue weighted by Gasteiger charge is -2.40. The Kier molecular flexibility index (Phi) is 4.14. The number of piperidine rings is 1. The Morgan fingerprint density at radius 3 is 2.73 bits per heavy atom. The SMILES string of the molecule is CC(=O)NCC(C)(C)C1CCCN(C)C1. The van der Waals surface area contributed by atoms with E-state index in [1.807, 2.05) is 0 Å². The first kappa shape index (κ1) is 12.5. The first-order valence-electron chi connectivity index (χ1n) is 5.85. The lowest BCUT2D eigenvalue weighted by atomic mass is 9.74. The molecule has 3 heteroatoms. The molecule has 1 saturated heterocycles. The molecule has 1 aliphatic rings. The maximum atomic E-state index is 10.9. The summed E-state index contributed by atoms with van der Waals surface area (Å²) in [6.07, 6.45) is 2.57. The summed E-state index contributed by atoms with van der Waals surface area (Å²) in [6, 6.07) is 0. The Hall–Kier alpha value is -0.570. The molecule has 0 radical (unpaired) electrons. The fourth-order valence-corrected chi connectivity index (χ4v) is 2.30. The first-order chi connectivity index (χ1) is 6.92. The van der Waals surface area contributed by atoms with Crippen LogP contribution in [0, 0.1) is 11.3 Å². The molecule has 0 aliphatic carbocycles. The van der Waals surface area contributed by atoms with Gasteiger partial charge >= 0.3 is 0 Å². The summed E-state index contributed by atoms with van der Waals surface area (Å²) in [5.41, 5.74) is 0.209. The van der Waals surface area contributed by atoms with Crippen molar-refractivity contribution in [2.24, 2.45) is 11.3 Å². The predicted octanol–water partition coefficient (Wildman–Crippen LogP) is 1.49. The van der Waals surface area contributed by atoms with E-state index < -0.39 is 0 Å². The number of likely N-dealkylation sites (tertiary alicyclic amines) is 1. The minimum atomic E-state index is 0.0761. The Balaban J connectivity index is 2.47. The molecule has 0 aromatic heterocycles. The molecule has 1 fully saturated rings. The second-order valence-electron chi connectivity index (χ2n) is 5.50. The Bertz CT molecular complexity index is 226. The van der Waals surface area contributed by atoms with Crippen LogP contribution in [0.3, 0.4) is 0 Å². The molecule has 0 spiro atoms. The summed E-state index contributed by atoms with van der Waals surface area (Å²) in [5, 5.41) is 2.94. The molecule has 3 nitrogen and oxygen atoms in total. The van der Waals surface area contributed by atoms with E-state index in [2.05, 4.69) is 31.1 Å². The molecular weight excluding hydrogens is 188 g/mol. The maximum Gasteiger partial charge on any atom is 0.216 e. The minimum absolute atomic E-state index is 0.0761. The molecule has 15 heavy (non-hydrogen) atoms. The lowest BCUT2D eigenvalue weighted by molar-refractivity contribution is -0.119. The van der Waals surface area contributed by atoms with Gasteiger partial charge in [0.05, 0.1) is 0 Å². The molecule has 1 amide bonds. The maximum absolute atomic E-state index is 10.9. The van der Waals surface area contributed by atoms with Gasteiger partial charge in [-0.3, -0.25) is 4.79 Å². The van der Waals surface area contributed by atoms with Crippen LogP contribution in [0.25, 0.3) is 0 Å². The average Bonchev–Trinajstić information content (AvgIpc) is 2.15. The van der Waals surface area contributed by atoms with Gasteiger partial charge in [0.15, 0.2) is 0 Å². The van der Waals surface area contributed by atoms with Gasteiger partial charge in [-0.05, 0) is 37.8 Å². The molecular formula is C12H24N2O. The molecule has 1 atom stereocenters. The highest BCUT2D eigenvalue weighted by molar-refractivity contribution is 5.72. The molecule has 0 saturated carbocycles. The van der Waals surface area contributed by atoms with Crippen molar-refractivity contribution < 1.29 is 4.79 Å².